The molecular weight excluding hydrogens is 333 g/mol. The summed E-state index contributed by atoms with van der Waals surface area (Å²) in [5.74, 6) is -0.733. The van der Waals surface area contributed by atoms with Gasteiger partial charge >= 0.3 is 0 Å². The Hall–Kier alpha value is -3.41. The van der Waals surface area contributed by atoms with Crippen LogP contribution in [0.3, 0.4) is 0 Å². The van der Waals surface area contributed by atoms with Gasteiger partial charge in [0.2, 0.25) is 0 Å². The number of para-hydroxylation sites is 1. The lowest BCUT2D eigenvalue weighted by Crippen LogP contribution is -2.20. The van der Waals surface area contributed by atoms with Crippen molar-refractivity contribution < 1.29 is 9.18 Å². The van der Waals surface area contributed by atoms with Crippen LogP contribution >= 0.6 is 0 Å². The Bertz CT molecular complexity index is 1020. The number of rotatable bonds is 5. The van der Waals surface area contributed by atoms with Crippen molar-refractivity contribution >= 4 is 11.5 Å². The first-order chi connectivity index (χ1) is 12.5. The third-order valence-corrected chi connectivity index (χ3v) is 3.87. The molecule has 2 aromatic carbocycles. The summed E-state index contributed by atoms with van der Waals surface area (Å²) in [5.41, 5.74) is 2.05. The minimum absolute atomic E-state index is 0.0918. The SMILES string of the molecule is C/C(=C/C(=O)c1c(C)[nH]n(-c2ccccc2)c1=O)Nc1ccc(F)cc1. The second kappa shape index (κ2) is 7.23. The van der Waals surface area contributed by atoms with Gasteiger partial charge in [-0.2, -0.15) is 0 Å². The van der Waals surface area contributed by atoms with Crippen molar-refractivity contribution in [3.05, 3.63) is 93.8 Å². The van der Waals surface area contributed by atoms with Gasteiger partial charge in [-0.1, -0.05) is 18.2 Å². The summed E-state index contributed by atoms with van der Waals surface area (Å²) in [4.78, 5) is 25.2. The number of aryl methyl sites for hydroxylation is 1. The van der Waals surface area contributed by atoms with E-state index < -0.39 is 11.3 Å². The van der Waals surface area contributed by atoms with E-state index in [1.54, 1.807) is 38.1 Å². The van der Waals surface area contributed by atoms with Gasteiger partial charge in [-0.3, -0.25) is 14.7 Å². The first kappa shape index (κ1) is 17.4. The third-order valence-electron chi connectivity index (χ3n) is 3.87. The minimum atomic E-state index is -0.399. The van der Waals surface area contributed by atoms with Gasteiger partial charge in [0.25, 0.3) is 5.56 Å². The predicted octanol–water partition coefficient (Wildman–Crippen LogP) is 3.81. The number of nitrogens with one attached hydrogen (secondary N) is 2. The molecular formula is C20H18FN3O2. The van der Waals surface area contributed by atoms with Crippen molar-refractivity contribution in [3.8, 4) is 5.69 Å². The molecule has 0 saturated heterocycles. The number of halogens is 1. The number of anilines is 1. The number of carbonyl (C=O) groups is 1. The summed E-state index contributed by atoms with van der Waals surface area (Å²) in [6.07, 6.45) is 1.36. The molecule has 0 unspecified atom stereocenters. The van der Waals surface area contributed by atoms with E-state index in [1.165, 1.54) is 22.9 Å². The number of aromatic amines is 1. The van der Waals surface area contributed by atoms with E-state index in [0.29, 0.717) is 22.8 Å². The van der Waals surface area contributed by atoms with Gasteiger partial charge < -0.3 is 5.32 Å². The molecule has 1 heterocycles. The van der Waals surface area contributed by atoms with Crippen molar-refractivity contribution in [1.29, 1.82) is 0 Å². The van der Waals surface area contributed by atoms with Crippen LogP contribution in [-0.4, -0.2) is 15.6 Å². The zero-order chi connectivity index (χ0) is 18.7. The smallest absolute Gasteiger partial charge is 0.282 e. The first-order valence-electron chi connectivity index (χ1n) is 8.08. The number of hydrogen-bond donors (Lipinski definition) is 2. The van der Waals surface area contributed by atoms with Crippen LogP contribution in [0.5, 0.6) is 0 Å². The molecule has 0 atom stereocenters. The van der Waals surface area contributed by atoms with Gasteiger partial charge in [0.05, 0.1) is 5.69 Å². The molecule has 5 nitrogen and oxygen atoms in total. The van der Waals surface area contributed by atoms with Gasteiger partial charge in [-0.25, -0.2) is 9.07 Å². The van der Waals surface area contributed by atoms with Crippen LogP contribution in [0.25, 0.3) is 5.69 Å². The van der Waals surface area contributed by atoms with Crippen LogP contribution in [0.2, 0.25) is 0 Å². The summed E-state index contributed by atoms with van der Waals surface area (Å²) in [6.45, 7) is 3.39. The fraction of sp³-hybridized carbons (Fsp3) is 0.100. The number of aromatic nitrogens is 2. The lowest BCUT2D eigenvalue weighted by molar-refractivity contribution is 0.104. The third kappa shape index (κ3) is 3.64. The van der Waals surface area contributed by atoms with E-state index in [4.69, 9.17) is 0 Å². The topological polar surface area (TPSA) is 66.9 Å². The molecule has 0 fully saturated rings. The summed E-state index contributed by atoms with van der Waals surface area (Å²) in [7, 11) is 0. The van der Waals surface area contributed by atoms with Crippen LogP contribution in [0.1, 0.15) is 23.0 Å². The summed E-state index contributed by atoms with van der Waals surface area (Å²) >= 11 is 0. The molecule has 1 aromatic heterocycles. The van der Waals surface area contributed by atoms with Crippen molar-refractivity contribution in [1.82, 2.24) is 9.78 Å². The molecule has 0 aliphatic rings. The van der Waals surface area contributed by atoms with Crippen molar-refractivity contribution in [2.75, 3.05) is 5.32 Å². The Morgan fingerprint density at radius 1 is 1.12 bits per heavy atom. The number of nitrogens with zero attached hydrogens (tertiary/aromatic N) is 1. The van der Waals surface area contributed by atoms with Crippen molar-refractivity contribution in [3.63, 3.8) is 0 Å². The Morgan fingerprint density at radius 3 is 2.42 bits per heavy atom. The molecule has 0 radical (unpaired) electrons. The maximum absolute atomic E-state index is 12.9. The Kier molecular flexibility index (Phi) is 4.84. The lowest BCUT2D eigenvalue weighted by atomic mass is 10.1. The molecule has 0 aliphatic carbocycles. The maximum atomic E-state index is 12.9. The number of H-pyrrole nitrogens is 1. The highest BCUT2D eigenvalue weighted by molar-refractivity contribution is 6.05. The fourth-order valence-corrected chi connectivity index (χ4v) is 2.66. The monoisotopic (exact) mass is 351 g/mol. The quantitative estimate of drug-likeness (QED) is 0.543. The molecule has 0 bridgehead atoms. The van der Waals surface area contributed by atoms with Crippen molar-refractivity contribution in [2.45, 2.75) is 13.8 Å². The van der Waals surface area contributed by atoms with E-state index in [2.05, 4.69) is 10.4 Å². The highest BCUT2D eigenvalue weighted by Crippen LogP contribution is 2.13. The molecule has 2 N–H and O–H groups in total. The van der Waals surface area contributed by atoms with Gasteiger partial charge in [-0.15, -0.1) is 0 Å². The van der Waals surface area contributed by atoms with Gasteiger partial charge in [-0.05, 0) is 50.2 Å². The Balaban J connectivity index is 1.87. The van der Waals surface area contributed by atoms with E-state index >= 15 is 0 Å². The molecule has 6 heteroatoms. The highest BCUT2D eigenvalue weighted by atomic mass is 19.1. The van der Waals surface area contributed by atoms with Gasteiger partial charge in [0.1, 0.15) is 11.4 Å². The van der Waals surface area contributed by atoms with Gasteiger partial charge in [0.15, 0.2) is 5.78 Å². The van der Waals surface area contributed by atoms with E-state index in [9.17, 15) is 14.0 Å². The largest absolute Gasteiger partial charge is 0.359 e. The molecule has 132 valence electrons. The fourth-order valence-electron chi connectivity index (χ4n) is 2.66. The number of ketones is 1. The van der Waals surface area contributed by atoms with Crippen LogP contribution < -0.4 is 10.9 Å². The summed E-state index contributed by atoms with van der Waals surface area (Å²) in [5, 5.41) is 5.93. The zero-order valence-electron chi connectivity index (χ0n) is 14.4. The average Bonchev–Trinajstić information content (AvgIpc) is 2.92. The average molecular weight is 351 g/mol. The second-order valence-electron chi connectivity index (χ2n) is 5.91. The Labute approximate surface area is 149 Å². The van der Waals surface area contributed by atoms with E-state index in [0.717, 1.165) is 0 Å². The molecule has 0 spiro atoms. The predicted molar refractivity (Wildman–Crippen MR) is 99.2 cm³/mol. The van der Waals surface area contributed by atoms with Crippen LogP contribution in [0, 0.1) is 12.7 Å². The molecule has 3 aromatic rings. The van der Waals surface area contributed by atoms with E-state index in [-0.39, 0.29) is 11.4 Å². The summed E-state index contributed by atoms with van der Waals surface area (Å²) < 4.78 is 14.3. The standard InChI is InChI=1S/C20H18FN3O2/c1-13(22-16-10-8-15(21)9-11-16)12-18(25)19-14(2)23-24(20(19)26)17-6-4-3-5-7-17/h3-12,22-23H,1-2H3/b13-12-. The number of allylic oxidation sites excluding steroid dienone is 2. The first-order valence-corrected chi connectivity index (χ1v) is 8.08. The minimum Gasteiger partial charge on any atom is -0.359 e. The second-order valence-corrected chi connectivity index (χ2v) is 5.91. The number of benzene rings is 2. The Morgan fingerprint density at radius 2 is 1.77 bits per heavy atom. The highest BCUT2D eigenvalue weighted by Gasteiger charge is 2.18. The van der Waals surface area contributed by atoms with Crippen LogP contribution in [0.4, 0.5) is 10.1 Å². The number of carbonyl (C=O) groups excluding carboxylic acids is 1. The van der Waals surface area contributed by atoms with E-state index in [1.807, 2.05) is 18.2 Å². The molecule has 0 saturated carbocycles. The van der Waals surface area contributed by atoms with Crippen LogP contribution in [-0.2, 0) is 0 Å². The molecule has 26 heavy (non-hydrogen) atoms. The molecule has 0 amide bonds. The summed E-state index contributed by atoms with van der Waals surface area (Å²) in [6, 6.07) is 14.8. The van der Waals surface area contributed by atoms with Crippen molar-refractivity contribution in [2.24, 2.45) is 0 Å². The lowest BCUT2D eigenvalue weighted by Gasteiger charge is -2.05. The number of hydrogen-bond acceptors (Lipinski definition) is 3. The normalized spacial score (nSPS) is 11.4. The maximum Gasteiger partial charge on any atom is 0.282 e. The van der Waals surface area contributed by atoms with Crippen LogP contribution in [0.15, 0.2) is 71.2 Å². The molecule has 0 aliphatic heterocycles. The van der Waals surface area contributed by atoms with Gasteiger partial charge in [0, 0.05) is 23.2 Å². The molecule has 3 rings (SSSR count). The zero-order valence-corrected chi connectivity index (χ0v) is 14.4.